The molecule has 0 amide bonds. The first-order chi connectivity index (χ1) is 8.08. The van der Waals surface area contributed by atoms with Crippen LogP contribution >= 0.6 is 0 Å². The van der Waals surface area contributed by atoms with Crippen LogP contribution < -0.4 is 4.90 Å². The van der Waals surface area contributed by atoms with E-state index in [-0.39, 0.29) is 5.97 Å². The standard InChI is InChI=1S/C13H20N2O2/c1-5-10(2)9-15(3)12-8-11(6-7-14-12)13(16)17-4/h6-8,10H,5,9H2,1-4H3. The molecule has 1 rings (SSSR count). The third-order valence-electron chi connectivity index (χ3n) is 2.84. The smallest absolute Gasteiger partial charge is 0.338 e. The number of nitrogens with zero attached hydrogens (tertiary/aromatic N) is 2. The fourth-order valence-corrected chi connectivity index (χ4v) is 1.56. The maximum absolute atomic E-state index is 11.4. The van der Waals surface area contributed by atoms with Crippen LogP contribution in [0.1, 0.15) is 30.6 Å². The maximum Gasteiger partial charge on any atom is 0.338 e. The third-order valence-corrected chi connectivity index (χ3v) is 2.84. The van der Waals surface area contributed by atoms with Gasteiger partial charge in [-0.15, -0.1) is 0 Å². The molecule has 0 aromatic carbocycles. The number of anilines is 1. The van der Waals surface area contributed by atoms with Crippen LogP contribution in [0.4, 0.5) is 5.82 Å². The van der Waals surface area contributed by atoms with E-state index in [1.165, 1.54) is 7.11 Å². The molecule has 17 heavy (non-hydrogen) atoms. The van der Waals surface area contributed by atoms with Gasteiger partial charge in [-0.2, -0.15) is 0 Å². The highest BCUT2D eigenvalue weighted by Crippen LogP contribution is 2.14. The van der Waals surface area contributed by atoms with Crippen molar-refractivity contribution < 1.29 is 9.53 Å². The molecule has 0 aliphatic heterocycles. The fraction of sp³-hybridized carbons (Fsp3) is 0.538. The van der Waals surface area contributed by atoms with Gasteiger partial charge in [0, 0.05) is 19.8 Å². The summed E-state index contributed by atoms with van der Waals surface area (Å²) in [5.41, 5.74) is 0.536. The summed E-state index contributed by atoms with van der Waals surface area (Å²) in [4.78, 5) is 17.7. The van der Waals surface area contributed by atoms with Gasteiger partial charge in [-0.25, -0.2) is 9.78 Å². The molecule has 0 saturated carbocycles. The van der Waals surface area contributed by atoms with Gasteiger partial charge in [0.15, 0.2) is 0 Å². The second-order valence-electron chi connectivity index (χ2n) is 4.29. The van der Waals surface area contributed by atoms with Gasteiger partial charge in [-0.1, -0.05) is 20.3 Å². The summed E-state index contributed by atoms with van der Waals surface area (Å²) in [6.45, 7) is 5.28. The molecule has 1 atom stereocenters. The molecule has 0 bridgehead atoms. The molecule has 0 fully saturated rings. The normalized spacial score (nSPS) is 12.0. The predicted octanol–water partition coefficient (Wildman–Crippen LogP) is 2.35. The molecule has 94 valence electrons. The molecule has 4 nitrogen and oxygen atoms in total. The second-order valence-corrected chi connectivity index (χ2v) is 4.29. The molecule has 1 heterocycles. The van der Waals surface area contributed by atoms with E-state index < -0.39 is 0 Å². The van der Waals surface area contributed by atoms with Gasteiger partial charge >= 0.3 is 5.97 Å². The summed E-state index contributed by atoms with van der Waals surface area (Å²) in [6.07, 6.45) is 2.76. The first-order valence-corrected chi connectivity index (χ1v) is 5.84. The highest BCUT2D eigenvalue weighted by molar-refractivity contribution is 5.90. The van der Waals surface area contributed by atoms with E-state index in [0.717, 1.165) is 18.8 Å². The van der Waals surface area contributed by atoms with Crippen LogP contribution in [0.15, 0.2) is 18.3 Å². The van der Waals surface area contributed by atoms with Crippen molar-refractivity contribution in [3.8, 4) is 0 Å². The number of aromatic nitrogens is 1. The third kappa shape index (κ3) is 3.73. The van der Waals surface area contributed by atoms with Crippen molar-refractivity contribution in [2.24, 2.45) is 5.92 Å². The highest BCUT2D eigenvalue weighted by atomic mass is 16.5. The van der Waals surface area contributed by atoms with E-state index in [2.05, 4.69) is 28.5 Å². The molecule has 4 heteroatoms. The number of carbonyl (C=O) groups is 1. The van der Waals surface area contributed by atoms with E-state index in [1.54, 1.807) is 18.3 Å². The Morgan fingerprint density at radius 2 is 2.29 bits per heavy atom. The lowest BCUT2D eigenvalue weighted by molar-refractivity contribution is 0.0600. The highest BCUT2D eigenvalue weighted by Gasteiger charge is 2.10. The Hall–Kier alpha value is -1.58. The molecular formula is C13H20N2O2. The topological polar surface area (TPSA) is 42.4 Å². The van der Waals surface area contributed by atoms with Crippen molar-refractivity contribution in [2.45, 2.75) is 20.3 Å². The van der Waals surface area contributed by atoms with E-state index in [9.17, 15) is 4.79 Å². The van der Waals surface area contributed by atoms with E-state index in [0.29, 0.717) is 11.5 Å². The average Bonchev–Trinajstić information content (AvgIpc) is 2.37. The number of ether oxygens (including phenoxy) is 1. The van der Waals surface area contributed by atoms with Crippen molar-refractivity contribution in [1.29, 1.82) is 0 Å². The lowest BCUT2D eigenvalue weighted by Crippen LogP contribution is -2.24. The van der Waals surface area contributed by atoms with Gasteiger partial charge in [0.25, 0.3) is 0 Å². The number of carbonyl (C=O) groups excluding carboxylic acids is 1. The molecule has 1 aromatic rings. The Morgan fingerprint density at radius 1 is 1.59 bits per heavy atom. The number of esters is 1. The minimum absolute atomic E-state index is 0.328. The van der Waals surface area contributed by atoms with Crippen molar-refractivity contribution in [2.75, 3.05) is 25.6 Å². The lowest BCUT2D eigenvalue weighted by Gasteiger charge is -2.21. The van der Waals surface area contributed by atoms with E-state index >= 15 is 0 Å². The quantitative estimate of drug-likeness (QED) is 0.736. The summed E-state index contributed by atoms with van der Waals surface area (Å²) in [6, 6.07) is 3.42. The first-order valence-electron chi connectivity index (χ1n) is 5.84. The molecule has 0 N–H and O–H groups in total. The van der Waals surface area contributed by atoms with Crippen LogP contribution in [0.5, 0.6) is 0 Å². The number of pyridine rings is 1. The second kappa shape index (κ2) is 6.23. The Kier molecular flexibility index (Phi) is 4.94. The summed E-state index contributed by atoms with van der Waals surface area (Å²) < 4.78 is 4.69. The van der Waals surface area contributed by atoms with Crippen molar-refractivity contribution >= 4 is 11.8 Å². The lowest BCUT2D eigenvalue weighted by atomic mass is 10.1. The molecular weight excluding hydrogens is 216 g/mol. The van der Waals surface area contributed by atoms with Gasteiger partial charge in [-0.3, -0.25) is 0 Å². The Morgan fingerprint density at radius 3 is 2.88 bits per heavy atom. The molecule has 0 aliphatic rings. The zero-order valence-electron chi connectivity index (χ0n) is 10.9. The molecule has 0 radical (unpaired) electrons. The van der Waals surface area contributed by atoms with E-state index in [4.69, 9.17) is 0 Å². The zero-order valence-corrected chi connectivity index (χ0v) is 10.9. The van der Waals surface area contributed by atoms with Gasteiger partial charge in [-0.05, 0) is 18.1 Å². The first kappa shape index (κ1) is 13.5. The van der Waals surface area contributed by atoms with Crippen LogP contribution in [-0.4, -0.2) is 31.7 Å². The Bertz CT molecular complexity index is 379. The summed E-state index contributed by atoms with van der Waals surface area (Å²) in [5.74, 6) is 1.07. The number of rotatable bonds is 5. The SMILES string of the molecule is CCC(C)CN(C)c1cc(C(=O)OC)ccn1. The Balaban J connectivity index is 2.80. The minimum Gasteiger partial charge on any atom is -0.465 e. The summed E-state index contributed by atoms with van der Waals surface area (Å²) in [7, 11) is 3.36. The number of hydrogen-bond acceptors (Lipinski definition) is 4. The van der Waals surface area contributed by atoms with Crippen molar-refractivity contribution in [1.82, 2.24) is 4.98 Å². The van der Waals surface area contributed by atoms with Crippen molar-refractivity contribution in [3.05, 3.63) is 23.9 Å². The van der Waals surface area contributed by atoms with E-state index in [1.807, 2.05) is 7.05 Å². The minimum atomic E-state index is -0.328. The van der Waals surface area contributed by atoms with Gasteiger partial charge < -0.3 is 9.64 Å². The van der Waals surface area contributed by atoms with Crippen LogP contribution in [0.2, 0.25) is 0 Å². The molecule has 0 saturated heterocycles. The fourth-order valence-electron chi connectivity index (χ4n) is 1.56. The predicted molar refractivity (Wildman–Crippen MR) is 68.3 cm³/mol. The molecule has 1 unspecified atom stereocenters. The summed E-state index contributed by atoms with van der Waals surface area (Å²) in [5, 5.41) is 0. The molecule has 1 aromatic heterocycles. The maximum atomic E-state index is 11.4. The summed E-state index contributed by atoms with van der Waals surface area (Å²) >= 11 is 0. The van der Waals surface area contributed by atoms with Crippen LogP contribution in [0.25, 0.3) is 0 Å². The monoisotopic (exact) mass is 236 g/mol. The zero-order chi connectivity index (χ0) is 12.8. The van der Waals surface area contributed by atoms with Crippen molar-refractivity contribution in [3.63, 3.8) is 0 Å². The molecule has 0 spiro atoms. The average molecular weight is 236 g/mol. The number of methoxy groups -OCH3 is 1. The van der Waals surface area contributed by atoms with Gasteiger partial charge in [0.05, 0.1) is 12.7 Å². The van der Waals surface area contributed by atoms with Crippen LogP contribution in [-0.2, 0) is 4.74 Å². The van der Waals surface area contributed by atoms with Crippen LogP contribution in [0, 0.1) is 5.92 Å². The molecule has 0 aliphatic carbocycles. The van der Waals surface area contributed by atoms with Crippen LogP contribution in [0.3, 0.4) is 0 Å². The van der Waals surface area contributed by atoms with Gasteiger partial charge in [0.1, 0.15) is 5.82 Å². The Labute approximate surface area is 103 Å². The number of hydrogen-bond donors (Lipinski definition) is 0. The largest absolute Gasteiger partial charge is 0.465 e. The van der Waals surface area contributed by atoms with Gasteiger partial charge in [0.2, 0.25) is 0 Å².